The van der Waals surface area contributed by atoms with Crippen molar-refractivity contribution in [3.05, 3.63) is 75.0 Å². The molecule has 1 amide bonds. The van der Waals surface area contributed by atoms with Crippen LogP contribution in [0.3, 0.4) is 0 Å². The summed E-state index contributed by atoms with van der Waals surface area (Å²) in [6, 6.07) is 6.58. The second kappa shape index (κ2) is 8.12. The molecular formula is C20H11Cl2F6NO2. The predicted molar refractivity (Wildman–Crippen MR) is 103 cm³/mol. The van der Waals surface area contributed by atoms with Crippen molar-refractivity contribution < 1.29 is 35.6 Å². The fourth-order valence-electron chi connectivity index (χ4n) is 2.77. The van der Waals surface area contributed by atoms with Crippen molar-refractivity contribution in [2.75, 3.05) is 5.32 Å². The topological polar surface area (TPSA) is 42.2 Å². The molecule has 1 N–H and O–H groups in total. The van der Waals surface area contributed by atoms with Crippen LogP contribution in [-0.4, -0.2) is 5.91 Å². The van der Waals surface area contributed by atoms with E-state index in [-0.39, 0.29) is 23.2 Å². The molecule has 3 aromatic rings. The molecule has 0 bridgehead atoms. The van der Waals surface area contributed by atoms with Crippen LogP contribution in [0.4, 0.5) is 32.0 Å². The van der Waals surface area contributed by atoms with Crippen LogP contribution >= 0.6 is 23.2 Å². The van der Waals surface area contributed by atoms with E-state index in [0.29, 0.717) is 27.7 Å². The lowest BCUT2D eigenvalue weighted by Crippen LogP contribution is -2.16. The first-order valence-electron chi connectivity index (χ1n) is 8.42. The van der Waals surface area contributed by atoms with E-state index in [1.54, 1.807) is 0 Å². The zero-order valence-electron chi connectivity index (χ0n) is 15.4. The first kappa shape index (κ1) is 23.0. The van der Waals surface area contributed by atoms with Crippen LogP contribution in [0.15, 0.2) is 46.9 Å². The van der Waals surface area contributed by atoms with Gasteiger partial charge in [-0.2, -0.15) is 26.3 Å². The Kier molecular flexibility index (Phi) is 6.03. The molecule has 0 atom stereocenters. The SMILES string of the molecule is Cc1oc(-c2cc(Cl)cc(Cl)c2)cc1C(=O)Nc1cc(C(F)(F)F)cc(C(F)(F)F)c1. The summed E-state index contributed by atoms with van der Waals surface area (Å²) in [5.41, 5.74) is -3.41. The fraction of sp³-hybridized carbons (Fsp3) is 0.150. The Bertz CT molecular complexity index is 1100. The van der Waals surface area contributed by atoms with E-state index in [0.717, 1.165) is 0 Å². The Balaban J connectivity index is 1.96. The van der Waals surface area contributed by atoms with Crippen LogP contribution in [0.1, 0.15) is 27.2 Å². The maximum absolute atomic E-state index is 13.0. The Morgan fingerprint density at radius 2 is 1.35 bits per heavy atom. The third-order valence-electron chi connectivity index (χ3n) is 4.16. The number of hydrogen-bond donors (Lipinski definition) is 1. The van der Waals surface area contributed by atoms with Crippen molar-refractivity contribution in [1.29, 1.82) is 0 Å². The van der Waals surface area contributed by atoms with Crippen molar-refractivity contribution in [2.24, 2.45) is 0 Å². The fourth-order valence-corrected chi connectivity index (χ4v) is 3.30. The largest absolute Gasteiger partial charge is 0.461 e. The highest BCUT2D eigenvalue weighted by Gasteiger charge is 2.37. The zero-order valence-corrected chi connectivity index (χ0v) is 16.9. The van der Waals surface area contributed by atoms with E-state index < -0.39 is 35.1 Å². The van der Waals surface area contributed by atoms with Crippen molar-refractivity contribution in [3.8, 4) is 11.3 Å². The number of furan rings is 1. The van der Waals surface area contributed by atoms with E-state index in [2.05, 4.69) is 5.32 Å². The van der Waals surface area contributed by atoms with Crippen molar-refractivity contribution >= 4 is 34.8 Å². The van der Waals surface area contributed by atoms with E-state index >= 15 is 0 Å². The summed E-state index contributed by atoms with van der Waals surface area (Å²) in [6.07, 6.45) is -10.1. The molecule has 31 heavy (non-hydrogen) atoms. The molecule has 0 saturated heterocycles. The lowest BCUT2D eigenvalue weighted by atomic mass is 10.1. The molecule has 1 aromatic heterocycles. The van der Waals surface area contributed by atoms with Gasteiger partial charge < -0.3 is 9.73 Å². The molecule has 3 rings (SSSR count). The number of hydrogen-bond acceptors (Lipinski definition) is 2. The van der Waals surface area contributed by atoms with Crippen LogP contribution in [-0.2, 0) is 12.4 Å². The minimum absolute atomic E-state index is 0.0280. The highest BCUT2D eigenvalue weighted by Crippen LogP contribution is 2.38. The number of carbonyl (C=O) groups excluding carboxylic acids is 1. The van der Waals surface area contributed by atoms with Gasteiger partial charge in [0, 0.05) is 21.3 Å². The lowest BCUT2D eigenvalue weighted by molar-refractivity contribution is -0.143. The van der Waals surface area contributed by atoms with Gasteiger partial charge in [0.1, 0.15) is 11.5 Å². The molecular weight excluding hydrogens is 471 g/mol. The summed E-state index contributed by atoms with van der Waals surface area (Å²) in [7, 11) is 0. The van der Waals surface area contributed by atoms with Gasteiger partial charge in [0.2, 0.25) is 0 Å². The molecule has 0 aliphatic rings. The summed E-state index contributed by atoms with van der Waals surface area (Å²) in [5.74, 6) is -0.674. The average molecular weight is 482 g/mol. The van der Waals surface area contributed by atoms with Gasteiger partial charge >= 0.3 is 12.4 Å². The maximum Gasteiger partial charge on any atom is 0.416 e. The number of anilines is 1. The van der Waals surface area contributed by atoms with E-state index in [1.807, 2.05) is 0 Å². The molecule has 3 nitrogen and oxygen atoms in total. The summed E-state index contributed by atoms with van der Waals surface area (Å²) in [4.78, 5) is 12.5. The molecule has 0 aliphatic carbocycles. The Hall–Kier alpha value is -2.65. The second-order valence-corrected chi connectivity index (χ2v) is 7.36. The van der Waals surface area contributed by atoms with Crippen LogP contribution < -0.4 is 5.32 Å². The molecule has 1 heterocycles. The van der Waals surface area contributed by atoms with E-state index in [9.17, 15) is 31.1 Å². The molecule has 164 valence electrons. The van der Waals surface area contributed by atoms with Gasteiger partial charge in [0.05, 0.1) is 16.7 Å². The normalized spacial score (nSPS) is 12.2. The number of carbonyl (C=O) groups is 1. The molecule has 0 fully saturated rings. The molecule has 0 saturated carbocycles. The first-order valence-corrected chi connectivity index (χ1v) is 9.17. The molecule has 0 radical (unpaired) electrons. The van der Waals surface area contributed by atoms with Gasteiger partial charge in [-0.05, 0) is 49.4 Å². The second-order valence-electron chi connectivity index (χ2n) is 6.49. The van der Waals surface area contributed by atoms with Crippen LogP contribution in [0.5, 0.6) is 0 Å². The summed E-state index contributed by atoms with van der Waals surface area (Å²) >= 11 is 11.9. The molecule has 2 aromatic carbocycles. The van der Waals surface area contributed by atoms with Crippen molar-refractivity contribution in [3.63, 3.8) is 0 Å². The van der Waals surface area contributed by atoms with Crippen LogP contribution in [0.25, 0.3) is 11.3 Å². The molecule has 11 heteroatoms. The molecule has 0 aliphatic heterocycles. The van der Waals surface area contributed by atoms with Gasteiger partial charge in [-0.25, -0.2) is 0 Å². The first-order chi connectivity index (χ1) is 14.2. The quantitative estimate of drug-likeness (QED) is 0.387. The van der Waals surface area contributed by atoms with Gasteiger partial charge in [0.25, 0.3) is 5.91 Å². The smallest absolute Gasteiger partial charge is 0.416 e. The van der Waals surface area contributed by atoms with E-state index in [1.165, 1.54) is 31.2 Å². The van der Waals surface area contributed by atoms with E-state index in [4.69, 9.17) is 27.6 Å². The summed E-state index contributed by atoms with van der Waals surface area (Å²) < 4.78 is 83.5. The number of nitrogens with one attached hydrogen (secondary N) is 1. The highest BCUT2D eigenvalue weighted by atomic mass is 35.5. The number of rotatable bonds is 3. The minimum Gasteiger partial charge on any atom is -0.461 e. The van der Waals surface area contributed by atoms with Gasteiger partial charge in [-0.15, -0.1) is 0 Å². The Labute approximate surface area is 181 Å². The van der Waals surface area contributed by atoms with Crippen molar-refractivity contribution in [2.45, 2.75) is 19.3 Å². The van der Waals surface area contributed by atoms with Crippen LogP contribution in [0.2, 0.25) is 10.0 Å². The lowest BCUT2D eigenvalue weighted by Gasteiger charge is -2.14. The minimum atomic E-state index is -5.04. The third-order valence-corrected chi connectivity index (χ3v) is 4.59. The standard InChI is InChI=1S/C20H11Cl2F6NO2/c1-9-16(8-17(31-9)10-2-13(21)7-14(22)3-10)18(30)29-15-5-11(19(23,24)25)4-12(6-15)20(26,27)28/h2-8H,1H3,(H,29,30). The number of aryl methyl sites for hydroxylation is 1. The predicted octanol–water partition coefficient (Wildman–Crippen LogP) is 7.85. The summed E-state index contributed by atoms with van der Waals surface area (Å²) in [6.45, 7) is 1.41. The number of amides is 1. The van der Waals surface area contributed by atoms with Gasteiger partial charge in [-0.1, -0.05) is 23.2 Å². The van der Waals surface area contributed by atoms with Crippen molar-refractivity contribution in [1.82, 2.24) is 0 Å². The summed E-state index contributed by atoms with van der Waals surface area (Å²) in [5, 5.41) is 2.66. The molecule has 0 spiro atoms. The number of alkyl halides is 6. The third kappa shape index (κ3) is 5.34. The molecule has 0 unspecified atom stereocenters. The Morgan fingerprint density at radius 1 is 0.839 bits per heavy atom. The Morgan fingerprint density at radius 3 is 1.84 bits per heavy atom. The van der Waals surface area contributed by atoms with Crippen LogP contribution in [0, 0.1) is 6.92 Å². The monoisotopic (exact) mass is 481 g/mol. The maximum atomic E-state index is 13.0. The number of benzene rings is 2. The van der Waals surface area contributed by atoms with Gasteiger partial charge in [-0.3, -0.25) is 4.79 Å². The zero-order chi connectivity index (χ0) is 23.1. The van der Waals surface area contributed by atoms with Gasteiger partial charge in [0.15, 0.2) is 0 Å². The average Bonchev–Trinajstić information content (AvgIpc) is 3.01. The number of halogens is 8. The highest BCUT2D eigenvalue weighted by molar-refractivity contribution is 6.35.